The number of rotatable bonds is 2. The molecule has 4 heteroatoms. The van der Waals surface area contributed by atoms with E-state index in [0.29, 0.717) is 6.42 Å². The van der Waals surface area contributed by atoms with E-state index in [9.17, 15) is 4.79 Å². The van der Waals surface area contributed by atoms with Crippen LogP contribution in [0.3, 0.4) is 0 Å². The first-order valence-electron chi connectivity index (χ1n) is 6.52. The Kier molecular flexibility index (Phi) is 3.48. The first-order chi connectivity index (χ1) is 8.41. The minimum Gasteiger partial charge on any atom is -0.466 e. The van der Waals surface area contributed by atoms with Gasteiger partial charge in [-0.25, -0.2) is 0 Å². The van der Waals surface area contributed by atoms with Gasteiger partial charge in [-0.3, -0.25) is 4.79 Å². The number of nitrogens with zero attached hydrogens (tertiary/aromatic N) is 1. The fourth-order valence-corrected chi connectivity index (χ4v) is 2.58. The normalized spacial score (nSPS) is 23.1. The number of likely N-dealkylation sites (tertiary alicyclic amines) is 1. The highest BCUT2D eigenvalue weighted by Crippen LogP contribution is 2.27. The molecular weight excluding hydrogens is 228 g/mol. The van der Waals surface area contributed by atoms with Crippen LogP contribution in [0.4, 0.5) is 0 Å². The molecule has 0 aliphatic carbocycles. The van der Waals surface area contributed by atoms with Gasteiger partial charge in [0, 0.05) is 12.6 Å². The van der Waals surface area contributed by atoms with Gasteiger partial charge in [0.1, 0.15) is 11.5 Å². The van der Waals surface area contributed by atoms with E-state index >= 15 is 0 Å². The van der Waals surface area contributed by atoms with Gasteiger partial charge < -0.3 is 15.1 Å². The molecule has 1 aliphatic heterocycles. The Balaban J connectivity index is 2.08. The molecule has 1 unspecified atom stereocenters. The summed E-state index contributed by atoms with van der Waals surface area (Å²) in [4.78, 5) is 14.3. The van der Waals surface area contributed by atoms with Crippen LogP contribution in [-0.4, -0.2) is 28.9 Å². The Morgan fingerprint density at radius 2 is 2.28 bits per heavy atom. The van der Waals surface area contributed by atoms with Gasteiger partial charge in [0.05, 0.1) is 12.0 Å². The second-order valence-corrected chi connectivity index (χ2v) is 5.64. The van der Waals surface area contributed by atoms with Gasteiger partial charge in [0.15, 0.2) is 0 Å². The zero-order valence-corrected chi connectivity index (χ0v) is 11.4. The van der Waals surface area contributed by atoms with Crippen LogP contribution in [0, 0.1) is 6.92 Å². The van der Waals surface area contributed by atoms with Crippen molar-refractivity contribution in [3.63, 3.8) is 0 Å². The van der Waals surface area contributed by atoms with E-state index in [2.05, 4.69) is 0 Å². The molecule has 0 radical (unpaired) electrons. The maximum Gasteiger partial charge on any atom is 0.230 e. The van der Waals surface area contributed by atoms with Crippen LogP contribution in [0.5, 0.6) is 0 Å². The number of nitrogens with two attached hydrogens (primary N) is 1. The summed E-state index contributed by atoms with van der Waals surface area (Å²) in [6, 6.07) is 3.80. The van der Waals surface area contributed by atoms with Crippen LogP contribution in [0.2, 0.25) is 0 Å². The SMILES string of the molecule is Cc1ccc(CC(=O)N2CCCC(N)C2(C)C)o1. The van der Waals surface area contributed by atoms with Gasteiger partial charge in [-0.2, -0.15) is 0 Å². The van der Waals surface area contributed by atoms with Crippen molar-refractivity contribution in [1.82, 2.24) is 4.90 Å². The average molecular weight is 250 g/mol. The Bertz CT molecular complexity index is 437. The Morgan fingerprint density at radius 3 is 2.89 bits per heavy atom. The van der Waals surface area contributed by atoms with Crippen molar-refractivity contribution in [2.24, 2.45) is 5.73 Å². The van der Waals surface area contributed by atoms with E-state index in [0.717, 1.165) is 30.9 Å². The predicted molar refractivity (Wildman–Crippen MR) is 70.2 cm³/mol. The molecule has 0 spiro atoms. The number of hydrogen-bond acceptors (Lipinski definition) is 3. The monoisotopic (exact) mass is 250 g/mol. The molecule has 2 heterocycles. The van der Waals surface area contributed by atoms with E-state index in [-0.39, 0.29) is 17.5 Å². The van der Waals surface area contributed by atoms with E-state index in [1.807, 2.05) is 37.8 Å². The third kappa shape index (κ3) is 2.43. The lowest BCUT2D eigenvalue weighted by Crippen LogP contribution is -2.61. The van der Waals surface area contributed by atoms with Crippen LogP contribution >= 0.6 is 0 Å². The predicted octanol–water partition coefficient (Wildman–Crippen LogP) is 1.86. The quantitative estimate of drug-likeness (QED) is 0.871. The third-order valence-corrected chi connectivity index (χ3v) is 3.92. The molecule has 4 nitrogen and oxygen atoms in total. The number of hydrogen-bond donors (Lipinski definition) is 1. The van der Waals surface area contributed by atoms with E-state index in [4.69, 9.17) is 10.2 Å². The molecule has 100 valence electrons. The summed E-state index contributed by atoms with van der Waals surface area (Å²) >= 11 is 0. The standard InChI is InChI=1S/C14H22N2O2/c1-10-6-7-11(18-10)9-13(17)16-8-4-5-12(15)14(16,2)3/h6-7,12H,4-5,8-9,15H2,1-3H3. The van der Waals surface area contributed by atoms with Crippen molar-refractivity contribution in [3.8, 4) is 0 Å². The molecule has 0 aromatic carbocycles. The van der Waals surface area contributed by atoms with Gasteiger partial charge in [0.2, 0.25) is 5.91 Å². The van der Waals surface area contributed by atoms with E-state index in [1.165, 1.54) is 0 Å². The van der Waals surface area contributed by atoms with Crippen LogP contribution < -0.4 is 5.73 Å². The van der Waals surface area contributed by atoms with Crippen LogP contribution in [0.1, 0.15) is 38.2 Å². The fraction of sp³-hybridized carbons (Fsp3) is 0.643. The van der Waals surface area contributed by atoms with Crippen LogP contribution in [0.25, 0.3) is 0 Å². The maximum atomic E-state index is 12.3. The highest BCUT2D eigenvalue weighted by Gasteiger charge is 2.39. The van der Waals surface area contributed by atoms with Crippen LogP contribution in [0.15, 0.2) is 16.5 Å². The average Bonchev–Trinajstić information content (AvgIpc) is 2.67. The molecule has 1 aliphatic rings. The summed E-state index contributed by atoms with van der Waals surface area (Å²) in [6.07, 6.45) is 2.29. The fourth-order valence-electron chi connectivity index (χ4n) is 2.58. The molecule has 1 aromatic rings. The number of carbonyl (C=O) groups excluding carboxylic acids is 1. The molecule has 1 atom stereocenters. The zero-order chi connectivity index (χ0) is 13.3. The maximum absolute atomic E-state index is 12.3. The molecule has 2 N–H and O–H groups in total. The Morgan fingerprint density at radius 1 is 1.56 bits per heavy atom. The lowest BCUT2D eigenvalue weighted by molar-refractivity contribution is -0.138. The van der Waals surface area contributed by atoms with Gasteiger partial charge in [0.25, 0.3) is 0 Å². The molecule has 18 heavy (non-hydrogen) atoms. The smallest absolute Gasteiger partial charge is 0.230 e. The number of aryl methyl sites for hydroxylation is 1. The number of piperidine rings is 1. The van der Waals surface area contributed by atoms with Gasteiger partial charge in [-0.15, -0.1) is 0 Å². The summed E-state index contributed by atoms with van der Waals surface area (Å²) in [5, 5.41) is 0. The zero-order valence-electron chi connectivity index (χ0n) is 11.4. The van der Waals surface area contributed by atoms with E-state index < -0.39 is 0 Å². The summed E-state index contributed by atoms with van der Waals surface area (Å²) in [6.45, 7) is 6.76. The summed E-state index contributed by atoms with van der Waals surface area (Å²) in [5.41, 5.74) is 5.85. The van der Waals surface area contributed by atoms with Crippen molar-refractivity contribution in [2.75, 3.05) is 6.54 Å². The Hall–Kier alpha value is -1.29. The summed E-state index contributed by atoms with van der Waals surface area (Å²) in [7, 11) is 0. The van der Waals surface area contributed by atoms with Gasteiger partial charge in [-0.1, -0.05) is 0 Å². The number of carbonyl (C=O) groups is 1. The highest BCUT2D eigenvalue weighted by molar-refractivity contribution is 5.79. The molecule has 2 rings (SSSR count). The lowest BCUT2D eigenvalue weighted by atomic mass is 9.85. The van der Waals surface area contributed by atoms with Crippen LogP contribution in [-0.2, 0) is 11.2 Å². The second kappa shape index (κ2) is 4.76. The molecule has 0 saturated carbocycles. The minimum absolute atomic E-state index is 0.0496. The number of amides is 1. The van der Waals surface area contributed by atoms with Crippen molar-refractivity contribution < 1.29 is 9.21 Å². The molecule has 0 bridgehead atoms. The lowest BCUT2D eigenvalue weighted by Gasteiger charge is -2.46. The summed E-state index contributed by atoms with van der Waals surface area (Å²) in [5.74, 6) is 1.67. The van der Waals surface area contributed by atoms with Gasteiger partial charge in [-0.05, 0) is 45.7 Å². The van der Waals surface area contributed by atoms with Crippen molar-refractivity contribution in [2.45, 2.75) is 51.6 Å². The van der Waals surface area contributed by atoms with Crippen molar-refractivity contribution in [3.05, 3.63) is 23.7 Å². The van der Waals surface area contributed by atoms with E-state index in [1.54, 1.807) is 0 Å². The van der Waals surface area contributed by atoms with Crippen molar-refractivity contribution in [1.29, 1.82) is 0 Å². The minimum atomic E-state index is -0.267. The largest absolute Gasteiger partial charge is 0.466 e. The summed E-state index contributed by atoms with van der Waals surface area (Å²) < 4.78 is 5.46. The van der Waals surface area contributed by atoms with Crippen molar-refractivity contribution >= 4 is 5.91 Å². The first kappa shape index (κ1) is 13.1. The molecule has 1 amide bonds. The topological polar surface area (TPSA) is 59.5 Å². The molecule has 1 fully saturated rings. The first-order valence-corrected chi connectivity index (χ1v) is 6.52. The highest BCUT2D eigenvalue weighted by atomic mass is 16.3. The molecular formula is C14H22N2O2. The number of furan rings is 1. The Labute approximate surface area is 108 Å². The second-order valence-electron chi connectivity index (χ2n) is 5.64. The molecule has 1 aromatic heterocycles. The molecule has 1 saturated heterocycles. The third-order valence-electron chi connectivity index (χ3n) is 3.92. The van der Waals surface area contributed by atoms with Gasteiger partial charge >= 0.3 is 0 Å².